The highest BCUT2D eigenvalue weighted by Crippen LogP contribution is 2.56. The van der Waals surface area contributed by atoms with Crippen molar-refractivity contribution in [2.75, 3.05) is 0 Å². The average molecular weight is 1200 g/mol. The first-order chi connectivity index (χ1) is 41.0. The van der Waals surface area contributed by atoms with Crippen molar-refractivity contribution in [1.82, 2.24) is 0 Å². The minimum atomic E-state index is -1.96. The average Bonchev–Trinajstić information content (AvgIpc) is 1.67. The molecule has 0 amide bonds. The van der Waals surface area contributed by atoms with Crippen LogP contribution in [0.15, 0.2) is 180 Å². The van der Waals surface area contributed by atoms with Crippen molar-refractivity contribution in [3.63, 3.8) is 0 Å². The van der Waals surface area contributed by atoms with Crippen LogP contribution >= 0.6 is 11.1 Å². The van der Waals surface area contributed by atoms with Crippen LogP contribution in [0.4, 0.5) is 0 Å². The van der Waals surface area contributed by atoms with Crippen LogP contribution in [0.2, 0.25) is 26.2 Å². The van der Waals surface area contributed by atoms with E-state index >= 15 is 0 Å². The summed E-state index contributed by atoms with van der Waals surface area (Å²) in [6.07, 6.45) is 10.8. The third-order valence-electron chi connectivity index (χ3n) is 19.7. The van der Waals surface area contributed by atoms with Gasteiger partial charge in [-0.05, 0) is 193 Å². The minimum Gasteiger partial charge on any atom is -0.167 e. The summed E-state index contributed by atoms with van der Waals surface area (Å²) in [5, 5.41) is 0. The van der Waals surface area contributed by atoms with Gasteiger partial charge < -0.3 is 0 Å². The second-order valence-corrected chi connectivity index (χ2v) is 41.3. The smallest absolute Gasteiger partial charge is 0.161 e. The Bertz CT molecular complexity index is 4010. The number of allylic oxidation sites excluding steroid dienone is 4. The molecule has 448 valence electrons. The molecule has 12 rings (SSSR count). The van der Waals surface area contributed by atoms with Gasteiger partial charge in [0.05, 0.1) is 8.07 Å². The van der Waals surface area contributed by atoms with E-state index in [-0.39, 0.29) is 10.8 Å². The van der Waals surface area contributed by atoms with E-state index in [1.54, 1.807) is 11.1 Å². The molecule has 3 unspecified atom stereocenters. The zero-order valence-corrected chi connectivity index (χ0v) is 59.0. The van der Waals surface area contributed by atoms with E-state index in [1.165, 1.54) is 134 Å². The maximum atomic E-state index is 6.93. The van der Waals surface area contributed by atoms with E-state index in [0.29, 0.717) is 28.5 Å². The van der Waals surface area contributed by atoms with Gasteiger partial charge in [0.15, 0.2) is 7.38 Å². The Labute approximate surface area is 532 Å². The van der Waals surface area contributed by atoms with E-state index in [4.69, 9.17) is 11.1 Å². The zero-order chi connectivity index (χ0) is 62.8. The van der Waals surface area contributed by atoms with Crippen molar-refractivity contribution in [3.8, 4) is 44.5 Å². The van der Waals surface area contributed by atoms with Gasteiger partial charge in [0.2, 0.25) is 0 Å². The van der Waals surface area contributed by atoms with Gasteiger partial charge in [0.1, 0.15) is 0 Å². The number of rotatable bonds is 9. The molecule has 0 saturated heterocycles. The molecule has 0 radical (unpaired) electrons. The van der Waals surface area contributed by atoms with Gasteiger partial charge in [0.25, 0.3) is 0 Å². The van der Waals surface area contributed by atoms with E-state index in [0.717, 1.165) is 6.42 Å². The second-order valence-electron chi connectivity index (χ2n) is 29.8. The van der Waals surface area contributed by atoms with Crippen LogP contribution < -0.4 is 0 Å². The molecule has 87 heavy (non-hydrogen) atoms. The van der Waals surface area contributed by atoms with Crippen LogP contribution in [0.5, 0.6) is 0 Å². The summed E-state index contributed by atoms with van der Waals surface area (Å²) in [4.78, 5) is 0. The zero-order valence-electron chi connectivity index (χ0n) is 56.3. The fourth-order valence-corrected chi connectivity index (χ4v) is 23.7. The molecular weight excluding hydrogens is 1100 g/mol. The van der Waals surface area contributed by atoms with Crippen LogP contribution in [0.3, 0.4) is 0 Å². The van der Waals surface area contributed by atoms with Gasteiger partial charge in [-0.15, -0.1) is 0 Å². The van der Waals surface area contributed by atoms with Crippen molar-refractivity contribution in [2.45, 2.75) is 183 Å². The summed E-state index contributed by atoms with van der Waals surface area (Å²) < 4.78 is 0. The number of halogens is 1. The summed E-state index contributed by atoms with van der Waals surface area (Å²) in [6, 6.07) is 59.0. The van der Waals surface area contributed by atoms with Crippen LogP contribution in [-0.4, -0.2) is 15.5 Å². The predicted molar refractivity (Wildman–Crippen MR) is 390 cm³/mol. The maximum absolute atomic E-state index is 6.93. The molecule has 0 spiro atoms. The van der Waals surface area contributed by atoms with Crippen molar-refractivity contribution >= 4 is 50.8 Å². The Kier molecular flexibility index (Phi) is 17.8. The summed E-state index contributed by atoms with van der Waals surface area (Å²) in [7, 11) is -3.79. The molecular formula is C84H97ClSi2. The SMILES string of the molecule is CC1=Cc2c(-c3ccc(C(C)(C)C)cc3)cccc2C1[Si](C)(C)C1C(C)=Cc2c1cc(C(C)C)c(C)c2-c1ccccc1.CC1=Cc2c(cc(C(C)C)c(C)c2-c2ccccc2)C1[Si](C)(C)Cl.CC1=Cc2cccc(-c3ccc(C(C)(C)C)cc3)c2C1. The van der Waals surface area contributed by atoms with Crippen molar-refractivity contribution in [1.29, 1.82) is 0 Å². The molecule has 0 aromatic heterocycles. The Hall–Kier alpha value is -6.56. The third-order valence-corrected chi connectivity index (χ3v) is 27.0. The van der Waals surface area contributed by atoms with Crippen LogP contribution in [-0.2, 0) is 17.3 Å². The molecule has 4 aliphatic rings. The van der Waals surface area contributed by atoms with Crippen LogP contribution in [0.25, 0.3) is 68.8 Å². The molecule has 0 N–H and O–H groups in total. The molecule has 0 nitrogen and oxygen atoms in total. The maximum Gasteiger partial charge on any atom is 0.161 e. The first-order valence-corrected chi connectivity index (χ1v) is 39.5. The van der Waals surface area contributed by atoms with Gasteiger partial charge in [-0.2, -0.15) is 11.1 Å². The summed E-state index contributed by atoms with van der Waals surface area (Å²) in [6.45, 7) is 46.7. The fourth-order valence-electron chi connectivity index (χ4n) is 15.7. The Morgan fingerprint density at radius 2 is 0.816 bits per heavy atom. The lowest BCUT2D eigenvalue weighted by atomic mass is 9.85. The van der Waals surface area contributed by atoms with E-state index in [1.807, 2.05) is 0 Å². The molecule has 0 fully saturated rings. The number of hydrogen-bond donors (Lipinski definition) is 0. The minimum absolute atomic E-state index is 0.158. The van der Waals surface area contributed by atoms with Crippen molar-refractivity contribution in [3.05, 3.63) is 258 Å². The molecule has 0 aliphatic heterocycles. The van der Waals surface area contributed by atoms with Gasteiger partial charge in [0, 0.05) is 16.6 Å². The lowest BCUT2D eigenvalue weighted by molar-refractivity contribution is 0.590. The molecule has 0 bridgehead atoms. The molecule has 0 saturated carbocycles. The predicted octanol–water partition coefficient (Wildman–Crippen LogP) is 25.1. The van der Waals surface area contributed by atoms with E-state index in [2.05, 4.69) is 319 Å². The quantitative estimate of drug-likeness (QED) is 0.0998. The molecule has 3 heteroatoms. The first kappa shape index (κ1) is 63.5. The van der Waals surface area contributed by atoms with E-state index in [9.17, 15) is 0 Å². The Balaban J connectivity index is 0.000000160. The summed E-state index contributed by atoms with van der Waals surface area (Å²) in [5.41, 5.74) is 38.9. The van der Waals surface area contributed by atoms with Gasteiger partial charge in [-0.1, -0.05) is 300 Å². The lowest BCUT2D eigenvalue weighted by Crippen LogP contribution is -2.42. The monoisotopic (exact) mass is 1200 g/mol. The highest BCUT2D eigenvalue weighted by molar-refractivity contribution is 7.20. The molecule has 4 aliphatic carbocycles. The highest BCUT2D eigenvalue weighted by Gasteiger charge is 2.48. The largest absolute Gasteiger partial charge is 0.167 e. The molecule has 8 aromatic rings. The van der Waals surface area contributed by atoms with Crippen molar-refractivity contribution < 1.29 is 0 Å². The van der Waals surface area contributed by atoms with Gasteiger partial charge in [-0.25, -0.2) is 0 Å². The Morgan fingerprint density at radius 1 is 0.414 bits per heavy atom. The number of hydrogen-bond acceptors (Lipinski definition) is 0. The van der Waals surface area contributed by atoms with Crippen LogP contribution in [0, 0.1) is 13.8 Å². The summed E-state index contributed by atoms with van der Waals surface area (Å²) >= 11 is 6.93. The first-order valence-electron chi connectivity index (χ1n) is 32.3. The normalized spacial score (nSPS) is 16.9. The van der Waals surface area contributed by atoms with Crippen LogP contribution in [0.1, 0.15) is 203 Å². The topological polar surface area (TPSA) is 0 Å². The number of benzene rings is 8. The number of fused-ring (bicyclic) bond motifs is 4. The van der Waals surface area contributed by atoms with Crippen molar-refractivity contribution in [2.24, 2.45) is 0 Å². The second kappa shape index (κ2) is 24.4. The third kappa shape index (κ3) is 12.5. The fraction of sp³-hybridized carbons (Fsp3) is 0.333. The van der Waals surface area contributed by atoms with E-state index < -0.39 is 15.5 Å². The molecule has 0 heterocycles. The van der Waals surface area contributed by atoms with Gasteiger partial charge in [-0.3, -0.25) is 0 Å². The Morgan fingerprint density at radius 3 is 1.26 bits per heavy atom. The molecule has 8 aromatic carbocycles. The summed E-state index contributed by atoms with van der Waals surface area (Å²) in [5.74, 6) is 1.000. The standard InChI is InChI=1S/C42H48Si.C22H27ClSi.C20H22/c1-26(2)35-25-38-37(39(29(35)5)31-15-12-11-13-16-31)24-28(4)41(38)43(9,10)40-27(3)23-36-33(17-14-18-34(36)40)30-19-21-32(22-20-30)42(6,7)8;1-14(2)18-13-20-19(12-15(3)22(20)24(5,6)23)21(16(18)4)17-10-8-7-9-11-17;1-14-12-16-6-5-7-18(19(16)13-14)15-8-10-17(11-9-15)20(2,3)4/h11-26,40-41H,1-10H3;7-14,22H,1-6H3;5-12H,13H2,1-4H3. The molecule has 3 atom stereocenters. The highest BCUT2D eigenvalue weighted by atomic mass is 35.6. The lowest BCUT2D eigenvalue weighted by Gasteiger charge is -2.39. The van der Waals surface area contributed by atoms with Gasteiger partial charge >= 0.3 is 0 Å².